The van der Waals surface area contributed by atoms with E-state index in [4.69, 9.17) is 0 Å². The Morgan fingerprint density at radius 2 is 1.57 bits per heavy atom. The number of halogens is 1. The maximum atomic E-state index is 13.2. The molecule has 37 heavy (non-hydrogen) atoms. The molecule has 198 valence electrons. The van der Waals surface area contributed by atoms with Gasteiger partial charge >= 0.3 is 0 Å². The van der Waals surface area contributed by atoms with Crippen LogP contribution in [0.3, 0.4) is 0 Å². The molecule has 9 heteroatoms. The normalized spacial score (nSPS) is 15.6. The summed E-state index contributed by atoms with van der Waals surface area (Å²) in [5.74, 6) is 0.736. The van der Waals surface area contributed by atoms with Crippen LogP contribution in [0.25, 0.3) is 0 Å². The molecule has 1 aliphatic rings. The summed E-state index contributed by atoms with van der Waals surface area (Å²) in [5.41, 5.74) is 1.54. The fourth-order valence-electron chi connectivity index (χ4n) is 4.63. The number of nitrogens with zero attached hydrogens (tertiary/aromatic N) is 3. The molecule has 0 bridgehead atoms. The molecule has 0 radical (unpaired) electrons. The molecule has 3 aromatic rings. The average molecular weight is 525 g/mol. The van der Waals surface area contributed by atoms with Gasteiger partial charge < -0.3 is 16.0 Å². The zero-order valence-corrected chi connectivity index (χ0v) is 22.4. The van der Waals surface area contributed by atoms with E-state index in [9.17, 15) is 8.60 Å². The quantitative estimate of drug-likeness (QED) is 0.264. The average Bonchev–Trinajstić information content (AvgIpc) is 2.91. The lowest BCUT2D eigenvalue weighted by Gasteiger charge is -2.33. The zero-order chi connectivity index (χ0) is 26.0. The molecule has 3 N–H and O–H groups in total. The monoisotopic (exact) mass is 524 g/mol. The summed E-state index contributed by atoms with van der Waals surface area (Å²) < 4.78 is 28.4. The smallest absolute Gasteiger partial charge is 0.229 e. The molecule has 0 amide bonds. The first-order chi connectivity index (χ1) is 18.0. The summed E-state index contributed by atoms with van der Waals surface area (Å²) in [6.07, 6.45) is 8.55. The second kappa shape index (κ2) is 13.6. The molecule has 1 atom stereocenters. The van der Waals surface area contributed by atoms with Crippen LogP contribution in [0.15, 0.2) is 65.7 Å². The highest BCUT2D eigenvalue weighted by atomic mass is 32.2. The Hall–Kier alpha value is -2.88. The van der Waals surface area contributed by atoms with Crippen LogP contribution in [0.1, 0.15) is 52.4 Å². The van der Waals surface area contributed by atoms with Crippen LogP contribution < -0.4 is 16.0 Å². The van der Waals surface area contributed by atoms with Gasteiger partial charge in [-0.3, -0.25) is 0 Å². The lowest BCUT2D eigenvalue weighted by atomic mass is 10.0. The van der Waals surface area contributed by atoms with Crippen LogP contribution >= 0.6 is 0 Å². The number of hydrogen-bond donors (Lipinski definition) is 3. The molecule has 4 rings (SSSR count). The van der Waals surface area contributed by atoms with Crippen molar-refractivity contribution in [3.63, 3.8) is 0 Å². The van der Waals surface area contributed by atoms with Crippen molar-refractivity contribution < 1.29 is 8.60 Å². The number of anilines is 4. The van der Waals surface area contributed by atoms with Crippen molar-refractivity contribution in [1.82, 2.24) is 19.6 Å². The molecule has 1 unspecified atom stereocenters. The van der Waals surface area contributed by atoms with Crippen LogP contribution in [-0.2, 0) is 11.0 Å². The molecule has 1 saturated heterocycles. The van der Waals surface area contributed by atoms with E-state index in [-0.39, 0.29) is 5.82 Å². The van der Waals surface area contributed by atoms with Gasteiger partial charge in [0.05, 0.1) is 4.90 Å². The Morgan fingerprint density at radius 1 is 0.946 bits per heavy atom. The summed E-state index contributed by atoms with van der Waals surface area (Å²) in [5, 5.41) is 10.2. The highest BCUT2D eigenvalue weighted by molar-refractivity contribution is 7.82. The summed E-state index contributed by atoms with van der Waals surface area (Å²) in [6.45, 7) is 6.15. The van der Waals surface area contributed by atoms with Gasteiger partial charge in [-0.25, -0.2) is 17.9 Å². The van der Waals surface area contributed by atoms with E-state index in [1.54, 1.807) is 24.4 Å². The minimum atomic E-state index is -1.18. The van der Waals surface area contributed by atoms with Gasteiger partial charge in [-0.1, -0.05) is 26.7 Å². The number of aromatic nitrogens is 2. The SMILES string of the molecule is CCCC(CCC)NC1CCN(S(=O)c2ccc(Nc3nccc(Nc4ccc(F)cc4)n3)cc2)CC1. The van der Waals surface area contributed by atoms with Crippen molar-refractivity contribution in [1.29, 1.82) is 0 Å². The molecule has 1 fully saturated rings. The number of hydrogen-bond acceptors (Lipinski definition) is 6. The molecular formula is C28H37FN6OS. The van der Waals surface area contributed by atoms with Crippen LogP contribution in [0.5, 0.6) is 0 Å². The standard InChI is InChI=1S/C28H37FN6OS/c1-3-5-22(6-4-2)31-25-16-19-35(20-17-25)37(36)26-13-11-24(12-14-26)33-28-30-18-15-27(34-28)32-23-9-7-21(29)8-10-23/h7-15,18,22,25,31H,3-6,16-17,19-20H2,1-2H3,(H2,30,32,33,34). The largest absolute Gasteiger partial charge is 0.340 e. The van der Waals surface area contributed by atoms with Crippen molar-refractivity contribution in [2.45, 2.75) is 69.4 Å². The van der Waals surface area contributed by atoms with Crippen LogP contribution in [0.4, 0.5) is 27.5 Å². The van der Waals surface area contributed by atoms with Gasteiger partial charge in [0.15, 0.2) is 0 Å². The number of nitrogens with one attached hydrogen (secondary N) is 3. The molecule has 1 aliphatic heterocycles. The first kappa shape index (κ1) is 27.2. The second-order valence-electron chi connectivity index (χ2n) is 9.44. The van der Waals surface area contributed by atoms with Gasteiger partial charge in [0.2, 0.25) is 5.95 Å². The molecule has 0 saturated carbocycles. The number of piperidine rings is 1. The van der Waals surface area contributed by atoms with Crippen molar-refractivity contribution in [2.24, 2.45) is 0 Å². The minimum absolute atomic E-state index is 0.288. The van der Waals surface area contributed by atoms with E-state index in [0.717, 1.165) is 42.2 Å². The third-order valence-electron chi connectivity index (χ3n) is 6.52. The van der Waals surface area contributed by atoms with E-state index >= 15 is 0 Å². The highest BCUT2D eigenvalue weighted by Crippen LogP contribution is 2.22. The Morgan fingerprint density at radius 3 is 2.22 bits per heavy atom. The van der Waals surface area contributed by atoms with E-state index in [2.05, 4.69) is 44.1 Å². The predicted molar refractivity (Wildman–Crippen MR) is 149 cm³/mol. The summed E-state index contributed by atoms with van der Waals surface area (Å²) in [6, 6.07) is 16.5. The van der Waals surface area contributed by atoms with E-state index in [1.807, 2.05) is 24.3 Å². The van der Waals surface area contributed by atoms with Crippen molar-refractivity contribution >= 4 is 34.1 Å². The van der Waals surface area contributed by atoms with Gasteiger partial charge in [-0.15, -0.1) is 0 Å². The molecule has 2 aromatic carbocycles. The van der Waals surface area contributed by atoms with Crippen molar-refractivity contribution in [2.75, 3.05) is 23.7 Å². The van der Waals surface area contributed by atoms with Gasteiger partial charge in [-0.2, -0.15) is 4.98 Å². The van der Waals surface area contributed by atoms with Gasteiger partial charge in [0, 0.05) is 42.7 Å². The Balaban J connectivity index is 1.29. The third-order valence-corrected chi connectivity index (χ3v) is 8.03. The lowest BCUT2D eigenvalue weighted by Crippen LogP contribution is -2.46. The maximum absolute atomic E-state index is 13.2. The molecular weight excluding hydrogens is 487 g/mol. The Kier molecular flexibility index (Phi) is 9.99. The fraction of sp³-hybridized carbons (Fsp3) is 0.429. The van der Waals surface area contributed by atoms with Gasteiger partial charge in [-0.05, 0) is 80.3 Å². The first-order valence-corrected chi connectivity index (χ1v) is 14.3. The Labute approximate surface area is 221 Å². The summed E-state index contributed by atoms with van der Waals surface area (Å²) >= 11 is 0. The highest BCUT2D eigenvalue weighted by Gasteiger charge is 2.25. The fourth-order valence-corrected chi connectivity index (χ4v) is 5.84. The molecule has 2 heterocycles. The predicted octanol–water partition coefficient (Wildman–Crippen LogP) is 6.15. The zero-order valence-electron chi connectivity index (χ0n) is 21.6. The first-order valence-electron chi connectivity index (χ1n) is 13.2. The number of benzene rings is 2. The Bertz CT molecular complexity index is 1130. The van der Waals surface area contributed by atoms with Crippen molar-refractivity contribution in [3.8, 4) is 0 Å². The van der Waals surface area contributed by atoms with Crippen LogP contribution in [0.2, 0.25) is 0 Å². The van der Waals surface area contributed by atoms with Crippen LogP contribution in [0, 0.1) is 5.82 Å². The molecule has 7 nitrogen and oxygen atoms in total. The topological polar surface area (TPSA) is 82.2 Å². The van der Waals surface area contributed by atoms with Crippen molar-refractivity contribution in [3.05, 3.63) is 66.6 Å². The van der Waals surface area contributed by atoms with E-state index < -0.39 is 11.0 Å². The third kappa shape index (κ3) is 8.05. The minimum Gasteiger partial charge on any atom is -0.340 e. The van der Waals surface area contributed by atoms with Crippen LogP contribution in [-0.4, -0.2) is 43.7 Å². The second-order valence-corrected chi connectivity index (χ2v) is 10.9. The maximum Gasteiger partial charge on any atom is 0.229 e. The number of rotatable bonds is 12. The summed E-state index contributed by atoms with van der Waals surface area (Å²) in [4.78, 5) is 9.53. The van der Waals surface area contributed by atoms with Gasteiger partial charge in [0.25, 0.3) is 0 Å². The lowest BCUT2D eigenvalue weighted by molar-refractivity contribution is 0.270. The molecule has 0 spiro atoms. The van der Waals surface area contributed by atoms with E-state index in [0.29, 0.717) is 23.8 Å². The van der Waals surface area contributed by atoms with E-state index in [1.165, 1.54) is 37.8 Å². The molecule has 0 aliphatic carbocycles. The molecule has 1 aromatic heterocycles. The van der Waals surface area contributed by atoms with Gasteiger partial charge in [0.1, 0.15) is 22.6 Å². The summed E-state index contributed by atoms with van der Waals surface area (Å²) in [7, 11) is -1.18.